The summed E-state index contributed by atoms with van der Waals surface area (Å²) in [7, 11) is 1.45. The molecule has 124 valence electrons. The molecule has 2 heterocycles. The molecule has 7 heteroatoms. The molecule has 0 spiro atoms. The van der Waals surface area contributed by atoms with Crippen molar-refractivity contribution in [1.29, 1.82) is 0 Å². The fourth-order valence-corrected chi connectivity index (χ4v) is 4.41. The summed E-state index contributed by atoms with van der Waals surface area (Å²) in [6, 6.07) is 0. The van der Waals surface area contributed by atoms with E-state index in [1.807, 2.05) is 17.5 Å². The number of hydrogen-bond donors (Lipinski definition) is 1. The monoisotopic (exact) mass is 380 g/mol. The lowest BCUT2D eigenvalue weighted by Crippen LogP contribution is -2.41. The normalized spacial score (nSPS) is 26.6. The smallest absolute Gasteiger partial charge is 0.312 e. The maximum absolute atomic E-state index is 12.4. The lowest BCUT2D eigenvalue weighted by atomic mass is 9.65. The maximum atomic E-state index is 12.4. The Morgan fingerprint density at radius 3 is 2.83 bits per heavy atom. The van der Waals surface area contributed by atoms with Gasteiger partial charge < -0.3 is 10.5 Å². The van der Waals surface area contributed by atoms with Gasteiger partial charge in [0.15, 0.2) is 5.82 Å². The van der Waals surface area contributed by atoms with E-state index in [1.54, 1.807) is 6.20 Å². The zero-order valence-electron chi connectivity index (χ0n) is 13.8. The quantitative estimate of drug-likeness (QED) is 0.808. The average Bonchev–Trinajstić information content (AvgIpc) is 2.95. The highest BCUT2D eigenvalue weighted by Gasteiger charge is 2.58. The first-order valence-corrected chi connectivity index (χ1v) is 8.39. The zero-order valence-corrected chi connectivity index (χ0v) is 15.3. The van der Waals surface area contributed by atoms with Crippen molar-refractivity contribution in [1.82, 2.24) is 14.4 Å². The number of nitrogens with two attached hydrogens (primary N) is 1. The van der Waals surface area contributed by atoms with Crippen LogP contribution in [0.4, 0.5) is 5.82 Å². The number of ether oxygens (including phenoxy) is 1. The Labute approximate surface area is 143 Å². The van der Waals surface area contributed by atoms with E-state index in [1.165, 1.54) is 7.11 Å². The standard InChI is InChI=1S/C16H21BrN4O2/c1-15(2)9(5-6-16(15,3)14(22)23-4)13-20-11(17)10-12(18)19-7-8-21(10)13/h7-9H,5-6H2,1-4H3,(H2,18,19)/t9-,16-/m1/s1. The van der Waals surface area contributed by atoms with E-state index in [2.05, 4.69) is 39.7 Å². The molecule has 0 aliphatic heterocycles. The van der Waals surface area contributed by atoms with Crippen molar-refractivity contribution in [3.63, 3.8) is 0 Å². The Morgan fingerprint density at radius 1 is 1.48 bits per heavy atom. The van der Waals surface area contributed by atoms with Crippen LogP contribution in [0.1, 0.15) is 45.4 Å². The molecule has 2 aromatic rings. The number of carbonyl (C=O) groups is 1. The number of carbonyl (C=O) groups excluding carboxylic acids is 1. The van der Waals surface area contributed by atoms with Crippen LogP contribution in [0.15, 0.2) is 17.0 Å². The first-order chi connectivity index (χ1) is 10.7. The molecule has 23 heavy (non-hydrogen) atoms. The number of rotatable bonds is 2. The molecule has 1 fully saturated rings. The van der Waals surface area contributed by atoms with E-state index in [0.29, 0.717) is 10.4 Å². The number of fused-ring (bicyclic) bond motifs is 1. The van der Waals surface area contributed by atoms with Gasteiger partial charge in [-0.2, -0.15) is 0 Å². The predicted molar refractivity (Wildman–Crippen MR) is 91.0 cm³/mol. The van der Waals surface area contributed by atoms with Crippen LogP contribution < -0.4 is 5.73 Å². The second-order valence-electron chi connectivity index (χ2n) is 6.93. The zero-order chi connectivity index (χ0) is 17.0. The van der Waals surface area contributed by atoms with Crippen LogP contribution in [0.3, 0.4) is 0 Å². The van der Waals surface area contributed by atoms with E-state index in [0.717, 1.165) is 24.2 Å². The third-order valence-electron chi connectivity index (χ3n) is 5.74. The van der Waals surface area contributed by atoms with E-state index in [9.17, 15) is 4.79 Å². The van der Waals surface area contributed by atoms with E-state index in [4.69, 9.17) is 10.5 Å². The number of anilines is 1. The van der Waals surface area contributed by atoms with Crippen LogP contribution in [0.2, 0.25) is 0 Å². The molecular formula is C16H21BrN4O2. The van der Waals surface area contributed by atoms with Crippen molar-refractivity contribution in [2.24, 2.45) is 10.8 Å². The molecule has 2 atom stereocenters. The minimum absolute atomic E-state index is 0.118. The van der Waals surface area contributed by atoms with Crippen LogP contribution in [0, 0.1) is 10.8 Å². The Bertz CT molecular complexity index is 786. The van der Waals surface area contributed by atoms with Crippen molar-refractivity contribution in [3.8, 4) is 0 Å². The largest absolute Gasteiger partial charge is 0.469 e. The molecule has 3 rings (SSSR count). The fraction of sp³-hybridized carbons (Fsp3) is 0.562. The van der Waals surface area contributed by atoms with Gasteiger partial charge in [0.2, 0.25) is 0 Å². The predicted octanol–water partition coefficient (Wildman–Crippen LogP) is 3.16. The Balaban J connectivity index is 2.14. The third kappa shape index (κ3) is 2.09. The summed E-state index contributed by atoms with van der Waals surface area (Å²) in [5, 5.41) is 0. The molecule has 6 nitrogen and oxygen atoms in total. The highest BCUT2D eigenvalue weighted by molar-refractivity contribution is 9.10. The van der Waals surface area contributed by atoms with Crippen LogP contribution in [0.25, 0.3) is 5.52 Å². The summed E-state index contributed by atoms with van der Waals surface area (Å²) in [5.74, 6) is 1.29. The lowest BCUT2D eigenvalue weighted by Gasteiger charge is -2.38. The fourth-order valence-electron chi connectivity index (χ4n) is 3.83. The van der Waals surface area contributed by atoms with E-state index < -0.39 is 5.41 Å². The van der Waals surface area contributed by atoms with Crippen molar-refractivity contribution >= 4 is 33.2 Å². The van der Waals surface area contributed by atoms with Gasteiger partial charge in [0, 0.05) is 18.3 Å². The second-order valence-corrected chi connectivity index (χ2v) is 7.68. The summed E-state index contributed by atoms with van der Waals surface area (Å²) in [4.78, 5) is 21.2. The number of imidazole rings is 1. The molecule has 0 aromatic carbocycles. The van der Waals surface area contributed by atoms with Crippen molar-refractivity contribution in [2.45, 2.75) is 39.5 Å². The molecule has 0 unspecified atom stereocenters. The number of esters is 1. The number of methoxy groups -OCH3 is 1. The molecule has 1 aliphatic carbocycles. The van der Waals surface area contributed by atoms with Gasteiger partial charge in [0.25, 0.3) is 0 Å². The highest BCUT2D eigenvalue weighted by Crippen LogP contribution is 2.60. The molecule has 1 aliphatic rings. The van der Waals surface area contributed by atoms with Crippen LogP contribution in [0.5, 0.6) is 0 Å². The Kier molecular flexibility index (Phi) is 3.66. The minimum Gasteiger partial charge on any atom is -0.469 e. The first-order valence-electron chi connectivity index (χ1n) is 7.60. The molecule has 2 N–H and O–H groups in total. The summed E-state index contributed by atoms with van der Waals surface area (Å²) in [6.07, 6.45) is 5.17. The molecule has 0 amide bonds. The molecule has 0 bridgehead atoms. The first kappa shape index (κ1) is 16.2. The Morgan fingerprint density at radius 2 is 2.17 bits per heavy atom. The third-order valence-corrected chi connectivity index (χ3v) is 6.29. The second kappa shape index (κ2) is 5.19. The van der Waals surface area contributed by atoms with Gasteiger partial charge in [-0.25, -0.2) is 9.97 Å². The molecule has 1 saturated carbocycles. The molecule has 2 aromatic heterocycles. The van der Waals surface area contributed by atoms with Gasteiger partial charge >= 0.3 is 5.97 Å². The number of halogens is 1. The summed E-state index contributed by atoms with van der Waals surface area (Å²) >= 11 is 3.48. The Hall–Kier alpha value is -1.63. The topological polar surface area (TPSA) is 82.5 Å². The van der Waals surface area contributed by atoms with Crippen LogP contribution in [-0.2, 0) is 9.53 Å². The van der Waals surface area contributed by atoms with Crippen LogP contribution >= 0.6 is 15.9 Å². The average molecular weight is 381 g/mol. The summed E-state index contributed by atoms with van der Waals surface area (Å²) in [6.45, 7) is 6.21. The number of hydrogen-bond acceptors (Lipinski definition) is 5. The van der Waals surface area contributed by atoms with Gasteiger partial charge in [-0.05, 0) is 41.1 Å². The lowest BCUT2D eigenvalue weighted by molar-refractivity contribution is -0.157. The van der Waals surface area contributed by atoms with Gasteiger partial charge in [0.1, 0.15) is 15.9 Å². The number of nitrogens with zero attached hydrogens (tertiary/aromatic N) is 3. The van der Waals surface area contributed by atoms with Gasteiger partial charge in [-0.3, -0.25) is 9.20 Å². The molecule has 0 radical (unpaired) electrons. The van der Waals surface area contributed by atoms with Crippen molar-refractivity contribution < 1.29 is 9.53 Å². The van der Waals surface area contributed by atoms with Gasteiger partial charge in [0.05, 0.1) is 12.5 Å². The highest BCUT2D eigenvalue weighted by atomic mass is 79.9. The molecule has 0 saturated heterocycles. The van der Waals surface area contributed by atoms with Gasteiger partial charge in [-0.15, -0.1) is 0 Å². The summed E-state index contributed by atoms with van der Waals surface area (Å²) < 4.78 is 7.72. The number of aromatic nitrogens is 3. The maximum Gasteiger partial charge on any atom is 0.312 e. The van der Waals surface area contributed by atoms with Crippen molar-refractivity contribution in [3.05, 3.63) is 22.8 Å². The van der Waals surface area contributed by atoms with E-state index >= 15 is 0 Å². The van der Waals surface area contributed by atoms with E-state index in [-0.39, 0.29) is 17.3 Å². The SMILES string of the molecule is COC(=O)[C@@]1(C)CC[C@H](c2nc(Br)c3c(N)nccn23)C1(C)C. The number of nitrogen functional groups attached to an aromatic ring is 1. The molecular weight excluding hydrogens is 360 g/mol. The summed E-state index contributed by atoms with van der Waals surface area (Å²) in [5.41, 5.74) is 5.92. The van der Waals surface area contributed by atoms with Crippen LogP contribution in [-0.4, -0.2) is 27.4 Å². The minimum atomic E-state index is -0.538. The van der Waals surface area contributed by atoms with Gasteiger partial charge in [-0.1, -0.05) is 13.8 Å². The van der Waals surface area contributed by atoms with Crippen molar-refractivity contribution in [2.75, 3.05) is 12.8 Å².